The zero-order valence-corrected chi connectivity index (χ0v) is 21.9. The van der Waals surface area contributed by atoms with Gasteiger partial charge in [-0.2, -0.15) is 10.5 Å². The number of methoxy groups -OCH3 is 1. The second kappa shape index (κ2) is 14.3. The van der Waals surface area contributed by atoms with Crippen LogP contribution < -0.4 is 9.47 Å². The number of nitrogens with zero attached hydrogens (tertiary/aromatic N) is 2. The molecule has 0 radical (unpaired) electrons. The first kappa shape index (κ1) is 27.3. The third-order valence-corrected chi connectivity index (χ3v) is 6.39. The third-order valence-electron chi connectivity index (χ3n) is 6.39. The monoisotopic (exact) mass is 490 g/mol. The first-order valence-corrected chi connectivity index (χ1v) is 12.8. The summed E-state index contributed by atoms with van der Waals surface area (Å²) in [5, 5.41) is 19.8. The Kier molecular flexibility index (Phi) is 10.6. The largest absolute Gasteiger partial charge is 0.496 e. The highest BCUT2D eigenvalue weighted by atomic mass is 16.5. The molecule has 1 unspecified atom stereocenters. The molecule has 0 aromatic heterocycles. The molecule has 4 nitrogen and oxygen atoms in total. The van der Waals surface area contributed by atoms with E-state index in [1.165, 1.54) is 6.42 Å². The van der Waals surface area contributed by atoms with Gasteiger partial charge in [0.15, 0.2) is 0 Å². The molecule has 0 saturated heterocycles. The fourth-order valence-corrected chi connectivity index (χ4v) is 4.13. The molecule has 1 atom stereocenters. The van der Waals surface area contributed by atoms with Crippen molar-refractivity contribution in [1.82, 2.24) is 0 Å². The van der Waals surface area contributed by atoms with Crippen LogP contribution >= 0.6 is 0 Å². The molecule has 0 bridgehead atoms. The summed E-state index contributed by atoms with van der Waals surface area (Å²) in [5.41, 5.74) is 4.25. The molecule has 0 spiro atoms. The average Bonchev–Trinajstić information content (AvgIpc) is 2.96. The van der Waals surface area contributed by atoms with E-state index in [0.29, 0.717) is 35.2 Å². The Morgan fingerprint density at radius 1 is 0.811 bits per heavy atom. The third kappa shape index (κ3) is 7.60. The number of hydrogen-bond donors (Lipinski definition) is 0. The van der Waals surface area contributed by atoms with Crippen molar-refractivity contribution in [2.45, 2.75) is 39.5 Å². The van der Waals surface area contributed by atoms with Gasteiger partial charge >= 0.3 is 0 Å². The zero-order valence-electron chi connectivity index (χ0n) is 21.9. The number of rotatable bonds is 12. The molecule has 0 amide bonds. The smallest absolute Gasteiger partial charge is 0.127 e. The van der Waals surface area contributed by atoms with E-state index in [1.807, 2.05) is 84.9 Å². The first-order chi connectivity index (χ1) is 18.1. The van der Waals surface area contributed by atoms with Gasteiger partial charge in [-0.3, -0.25) is 0 Å². The van der Waals surface area contributed by atoms with Crippen molar-refractivity contribution in [2.24, 2.45) is 5.92 Å². The molecule has 3 aromatic rings. The summed E-state index contributed by atoms with van der Waals surface area (Å²) in [5.74, 6) is 1.71. The standard InChI is InChI=1S/C33H34N2O2/c1-4-6-13-25(5-2)24-37-33-21-28(18-30(22-34)26-14-9-7-10-15-26)32(36-3)20-29(33)19-31(23-35)27-16-11-8-12-17-27/h7-12,14-21,25H,4-6,13,24H2,1-3H3/b30-18-,31-19-. The summed E-state index contributed by atoms with van der Waals surface area (Å²) in [6.07, 6.45) is 8.14. The van der Waals surface area contributed by atoms with Crippen molar-refractivity contribution in [3.8, 4) is 23.6 Å². The maximum atomic E-state index is 9.91. The molecule has 0 heterocycles. The summed E-state index contributed by atoms with van der Waals surface area (Å²) in [4.78, 5) is 0. The number of ether oxygens (including phenoxy) is 2. The van der Waals surface area contributed by atoms with Crippen LogP contribution in [-0.4, -0.2) is 13.7 Å². The van der Waals surface area contributed by atoms with Crippen LogP contribution in [0.5, 0.6) is 11.5 Å². The van der Waals surface area contributed by atoms with Gasteiger partial charge in [0.1, 0.15) is 11.5 Å². The molecule has 3 aromatic carbocycles. The van der Waals surface area contributed by atoms with E-state index in [9.17, 15) is 10.5 Å². The topological polar surface area (TPSA) is 66.0 Å². The van der Waals surface area contributed by atoms with Gasteiger partial charge in [0.05, 0.1) is 37.0 Å². The van der Waals surface area contributed by atoms with Gasteiger partial charge in [0, 0.05) is 11.1 Å². The highest BCUT2D eigenvalue weighted by Gasteiger charge is 2.15. The van der Waals surface area contributed by atoms with E-state index in [4.69, 9.17) is 9.47 Å². The van der Waals surface area contributed by atoms with Crippen LogP contribution in [0.25, 0.3) is 23.3 Å². The Labute approximate surface area is 221 Å². The molecule has 188 valence electrons. The van der Waals surface area contributed by atoms with Crippen molar-refractivity contribution < 1.29 is 9.47 Å². The van der Waals surface area contributed by atoms with Crippen molar-refractivity contribution >= 4 is 23.3 Å². The minimum Gasteiger partial charge on any atom is -0.496 e. The van der Waals surface area contributed by atoms with Crippen molar-refractivity contribution in [1.29, 1.82) is 10.5 Å². The summed E-state index contributed by atoms with van der Waals surface area (Å²) >= 11 is 0. The first-order valence-electron chi connectivity index (χ1n) is 12.8. The van der Waals surface area contributed by atoms with Crippen molar-refractivity contribution in [2.75, 3.05) is 13.7 Å². The van der Waals surface area contributed by atoms with E-state index in [-0.39, 0.29) is 0 Å². The summed E-state index contributed by atoms with van der Waals surface area (Å²) < 4.78 is 12.1. The molecule has 4 heteroatoms. The van der Waals surface area contributed by atoms with E-state index in [0.717, 1.165) is 41.5 Å². The van der Waals surface area contributed by atoms with Crippen LogP contribution in [0.3, 0.4) is 0 Å². The number of nitriles is 2. The molecule has 0 N–H and O–H groups in total. The highest BCUT2D eigenvalue weighted by molar-refractivity contribution is 5.93. The molecule has 0 aliphatic rings. The number of unbranched alkanes of at least 4 members (excludes halogenated alkanes) is 1. The Morgan fingerprint density at radius 2 is 1.32 bits per heavy atom. The summed E-state index contributed by atoms with van der Waals surface area (Å²) in [6, 6.07) is 27.6. The molecule has 37 heavy (non-hydrogen) atoms. The van der Waals surface area contributed by atoms with E-state index in [1.54, 1.807) is 7.11 Å². The molecule has 0 aliphatic heterocycles. The lowest BCUT2D eigenvalue weighted by Crippen LogP contribution is -2.12. The Balaban J connectivity index is 2.11. The molecular weight excluding hydrogens is 456 g/mol. The molecular formula is C33H34N2O2. The Bertz CT molecular complexity index is 1300. The van der Waals surface area contributed by atoms with E-state index >= 15 is 0 Å². The Morgan fingerprint density at radius 3 is 1.78 bits per heavy atom. The lowest BCUT2D eigenvalue weighted by Gasteiger charge is -2.18. The number of allylic oxidation sites excluding steroid dienone is 2. The second-order valence-corrected chi connectivity index (χ2v) is 8.93. The van der Waals surface area contributed by atoms with E-state index in [2.05, 4.69) is 26.0 Å². The predicted molar refractivity (Wildman–Crippen MR) is 152 cm³/mol. The number of hydrogen-bond acceptors (Lipinski definition) is 4. The lowest BCUT2D eigenvalue weighted by molar-refractivity contribution is 0.232. The van der Waals surface area contributed by atoms with Gasteiger partial charge in [0.25, 0.3) is 0 Å². The van der Waals surface area contributed by atoms with Gasteiger partial charge in [-0.25, -0.2) is 0 Å². The predicted octanol–water partition coefficient (Wildman–Crippen LogP) is 8.42. The normalized spacial score (nSPS) is 12.4. The van der Waals surface area contributed by atoms with Gasteiger partial charge in [-0.05, 0) is 47.8 Å². The molecule has 3 rings (SSSR count). The summed E-state index contributed by atoms with van der Waals surface area (Å²) in [7, 11) is 1.61. The highest BCUT2D eigenvalue weighted by Crippen LogP contribution is 2.35. The fraction of sp³-hybridized carbons (Fsp3) is 0.273. The average molecular weight is 491 g/mol. The van der Waals surface area contributed by atoms with E-state index < -0.39 is 0 Å². The SMILES string of the molecule is CCCCC(CC)COc1cc(/C=C(/C#N)c2ccccc2)c(OC)cc1/C=C(/C#N)c1ccccc1. The second-order valence-electron chi connectivity index (χ2n) is 8.93. The Hall–Kier alpha value is -4.28. The minimum absolute atomic E-state index is 0.446. The maximum absolute atomic E-state index is 9.91. The van der Waals surface area contributed by atoms with Gasteiger partial charge in [0.2, 0.25) is 0 Å². The van der Waals surface area contributed by atoms with Crippen LogP contribution in [0, 0.1) is 28.6 Å². The van der Waals surface area contributed by atoms with Crippen molar-refractivity contribution in [3.05, 3.63) is 95.1 Å². The molecule has 0 saturated carbocycles. The van der Waals surface area contributed by atoms with Crippen LogP contribution in [0.15, 0.2) is 72.8 Å². The van der Waals surface area contributed by atoms with Crippen LogP contribution in [0.1, 0.15) is 61.8 Å². The lowest BCUT2D eigenvalue weighted by atomic mass is 9.99. The zero-order chi connectivity index (χ0) is 26.5. The van der Waals surface area contributed by atoms with Crippen LogP contribution in [0.2, 0.25) is 0 Å². The van der Waals surface area contributed by atoms with Crippen LogP contribution in [0.4, 0.5) is 0 Å². The minimum atomic E-state index is 0.446. The summed E-state index contributed by atoms with van der Waals surface area (Å²) in [6.45, 7) is 4.98. The van der Waals surface area contributed by atoms with Gasteiger partial charge < -0.3 is 9.47 Å². The van der Waals surface area contributed by atoms with Gasteiger partial charge in [-0.1, -0.05) is 93.8 Å². The van der Waals surface area contributed by atoms with Crippen LogP contribution in [-0.2, 0) is 0 Å². The maximum Gasteiger partial charge on any atom is 0.127 e. The van der Waals surface area contributed by atoms with Crippen molar-refractivity contribution in [3.63, 3.8) is 0 Å². The molecule has 0 fully saturated rings. The number of benzene rings is 3. The fourth-order valence-electron chi connectivity index (χ4n) is 4.13. The molecule has 0 aliphatic carbocycles. The van der Waals surface area contributed by atoms with Gasteiger partial charge in [-0.15, -0.1) is 0 Å². The quantitative estimate of drug-likeness (QED) is 0.189.